The Hall–Kier alpha value is -5.08. The summed E-state index contributed by atoms with van der Waals surface area (Å²) in [5.41, 5.74) is 13.1. The molecule has 0 aliphatic carbocycles. The van der Waals surface area contributed by atoms with E-state index in [0.29, 0.717) is 0 Å². The number of benzene rings is 5. The average molecular weight is 513 g/mol. The van der Waals surface area contributed by atoms with Gasteiger partial charge in [-0.1, -0.05) is 132 Å². The lowest BCUT2D eigenvalue weighted by Gasteiger charge is -2.16. The molecule has 0 saturated heterocycles. The number of aromatic nitrogens is 2. The third-order valence-corrected chi connectivity index (χ3v) is 7.56. The molecule has 2 aromatic heterocycles. The Morgan fingerprint density at radius 1 is 0.375 bits per heavy atom. The molecule has 0 saturated carbocycles. The van der Waals surface area contributed by atoms with Crippen molar-refractivity contribution in [3.63, 3.8) is 0 Å². The minimum atomic E-state index is 0.919. The molecule has 5 aromatic carbocycles. The minimum Gasteiger partial charge on any atom is -0.245 e. The number of nitrogens with zero attached hydrogens (tertiary/aromatic N) is 2. The van der Waals surface area contributed by atoms with Crippen LogP contribution in [-0.4, -0.2) is 9.97 Å². The molecule has 0 aliphatic heterocycles. The van der Waals surface area contributed by atoms with Gasteiger partial charge in [-0.3, -0.25) is 0 Å². The Bertz CT molecular complexity index is 1860. The van der Waals surface area contributed by atoms with E-state index >= 15 is 0 Å². The van der Waals surface area contributed by atoms with Gasteiger partial charge in [0.2, 0.25) is 0 Å². The van der Waals surface area contributed by atoms with E-state index in [-0.39, 0.29) is 0 Å². The van der Waals surface area contributed by atoms with Crippen LogP contribution in [0, 0.1) is 13.8 Å². The number of rotatable bonds is 4. The van der Waals surface area contributed by atoms with Gasteiger partial charge in [-0.25, -0.2) is 9.97 Å². The van der Waals surface area contributed by atoms with Crippen LogP contribution in [0.1, 0.15) is 11.1 Å². The largest absolute Gasteiger partial charge is 0.245 e. The molecule has 2 heteroatoms. The van der Waals surface area contributed by atoms with Crippen LogP contribution in [0.25, 0.3) is 66.6 Å². The third kappa shape index (κ3) is 4.34. The molecule has 0 amide bonds. The van der Waals surface area contributed by atoms with Crippen LogP contribution >= 0.6 is 0 Å². The highest BCUT2D eigenvalue weighted by atomic mass is 14.8. The van der Waals surface area contributed by atoms with Gasteiger partial charge in [-0.15, -0.1) is 0 Å². The standard InChI is InChI=1S/C38H28N2/c1-25-11-9-17-29(21-25)33-23-35(27-13-5-3-6-14-27)39-37-31(33)19-20-32-34(30-18-10-12-26(2)22-30)24-36(40-38(32)37)28-15-7-4-8-16-28/h3-24H,1-2H3. The summed E-state index contributed by atoms with van der Waals surface area (Å²) in [7, 11) is 0. The second-order valence-corrected chi connectivity index (χ2v) is 10.4. The van der Waals surface area contributed by atoms with Crippen LogP contribution in [0.2, 0.25) is 0 Å². The molecule has 0 N–H and O–H groups in total. The number of hydrogen-bond donors (Lipinski definition) is 0. The molecule has 2 nitrogen and oxygen atoms in total. The topological polar surface area (TPSA) is 25.8 Å². The van der Waals surface area contributed by atoms with E-state index in [2.05, 4.69) is 135 Å². The van der Waals surface area contributed by atoms with Crippen molar-refractivity contribution in [2.75, 3.05) is 0 Å². The van der Waals surface area contributed by atoms with E-state index in [1.165, 1.54) is 33.4 Å². The van der Waals surface area contributed by atoms with Gasteiger partial charge in [0, 0.05) is 21.9 Å². The maximum Gasteiger partial charge on any atom is 0.0978 e. The van der Waals surface area contributed by atoms with Crippen LogP contribution in [0.15, 0.2) is 133 Å². The first-order valence-electron chi connectivity index (χ1n) is 13.7. The van der Waals surface area contributed by atoms with Crippen molar-refractivity contribution in [1.29, 1.82) is 0 Å². The zero-order chi connectivity index (χ0) is 27.1. The molecule has 0 unspecified atom stereocenters. The number of fused-ring (bicyclic) bond motifs is 3. The second-order valence-electron chi connectivity index (χ2n) is 10.4. The second kappa shape index (κ2) is 9.91. The van der Waals surface area contributed by atoms with Gasteiger partial charge in [0.05, 0.1) is 22.4 Å². The van der Waals surface area contributed by atoms with Gasteiger partial charge in [-0.05, 0) is 48.2 Å². The summed E-state index contributed by atoms with van der Waals surface area (Å²) in [5.74, 6) is 0. The van der Waals surface area contributed by atoms with E-state index in [1.54, 1.807) is 0 Å². The lowest BCUT2D eigenvalue weighted by atomic mass is 9.93. The molecule has 40 heavy (non-hydrogen) atoms. The third-order valence-electron chi connectivity index (χ3n) is 7.56. The summed E-state index contributed by atoms with van der Waals surface area (Å²) in [6.07, 6.45) is 0. The number of hydrogen-bond acceptors (Lipinski definition) is 2. The Kier molecular flexibility index (Phi) is 5.94. The quantitative estimate of drug-likeness (QED) is 0.219. The van der Waals surface area contributed by atoms with E-state index < -0.39 is 0 Å². The summed E-state index contributed by atoms with van der Waals surface area (Å²) in [6.45, 7) is 4.28. The highest BCUT2D eigenvalue weighted by molar-refractivity contribution is 6.13. The first-order valence-corrected chi connectivity index (χ1v) is 13.7. The van der Waals surface area contributed by atoms with Crippen LogP contribution in [0.3, 0.4) is 0 Å². The van der Waals surface area contributed by atoms with Crippen LogP contribution in [-0.2, 0) is 0 Å². The maximum atomic E-state index is 5.31. The highest BCUT2D eigenvalue weighted by Gasteiger charge is 2.17. The smallest absolute Gasteiger partial charge is 0.0978 e. The molecule has 2 heterocycles. The molecular weight excluding hydrogens is 484 g/mol. The van der Waals surface area contributed by atoms with Gasteiger partial charge in [0.1, 0.15) is 0 Å². The van der Waals surface area contributed by atoms with E-state index in [0.717, 1.165) is 44.3 Å². The van der Waals surface area contributed by atoms with Gasteiger partial charge >= 0.3 is 0 Å². The van der Waals surface area contributed by atoms with E-state index in [4.69, 9.17) is 9.97 Å². The van der Waals surface area contributed by atoms with Gasteiger partial charge < -0.3 is 0 Å². The number of aryl methyl sites for hydroxylation is 2. The van der Waals surface area contributed by atoms with Crippen molar-refractivity contribution >= 4 is 21.8 Å². The van der Waals surface area contributed by atoms with Crippen LogP contribution < -0.4 is 0 Å². The Morgan fingerprint density at radius 2 is 0.775 bits per heavy atom. The minimum absolute atomic E-state index is 0.919. The van der Waals surface area contributed by atoms with Crippen molar-refractivity contribution in [3.8, 4) is 44.8 Å². The maximum absolute atomic E-state index is 5.31. The average Bonchev–Trinajstić information content (AvgIpc) is 3.00. The van der Waals surface area contributed by atoms with E-state index in [1.807, 2.05) is 12.1 Å². The summed E-state index contributed by atoms with van der Waals surface area (Å²) >= 11 is 0. The zero-order valence-electron chi connectivity index (χ0n) is 22.6. The Morgan fingerprint density at radius 3 is 1.18 bits per heavy atom. The monoisotopic (exact) mass is 512 g/mol. The number of pyridine rings is 2. The van der Waals surface area contributed by atoms with Gasteiger partial charge in [0.15, 0.2) is 0 Å². The van der Waals surface area contributed by atoms with Crippen molar-refractivity contribution < 1.29 is 0 Å². The Balaban J connectivity index is 1.62. The summed E-state index contributed by atoms with van der Waals surface area (Å²) in [4.78, 5) is 10.6. The molecule has 0 radical (unpaired) electrons. The zero-order valence-corrected chi connectivity index (χ0v) is 22.6. The summed E-state index contributed by atoms with van der Waals surface area (Å²) in [6, 6.07) is 47.2. The van der Waals surface area contributed by atoms with Crippen molar-refractivity contribution in [1.82, 2.24) is 9.97 Å². The predicted molar refractivity (Wildman–Crippen MR) is 168 cm³/mol. The lowest BCUT2D eigenvalue weighted by Crippen LogP contribution is -1.96. The molecular formula is C38H28N2. The Labute approximate surface area is 234 Å². The molecule has 0 spiro atoms. The van der Waals surface area contributed by atoms with E-state index in [9.17, 15) is 0 Å². The summed E-state index contributed by atoms with van der Waals surface area (Å²) < 4.78 is 0. The fourth-order valence-electron chi connectivity index (χ4n) is 5.59. The first-order chi connectivity index (χ1) is 19.6. The lowest BCUT2D eigenvalue weighted by molar-refractivity contribution is 1.36. The highest BCUT2D eigenvalue weighted by Crippen LogP contribution is 2.39. The molecule has 7 aromatic rings. The predicted octanol–water partition coefficient (Wildman–Crippen LogP) is 10.1. The van der Waals surface area contributed by atoms with Gasteiger partial charge in [0.25, 0.3) is 0 Å². The van der Waals surface area contributed by atoms with Crippen molar-refractivity contribution in [2.45, 2.75) is 13.8 Å². The molecule has 0 atom stereocenters. The normalized spacial score (nSPS) is 11.2. The molecule has 0 bridgehead atoms. The van der Waals surface area contributed by atoms with Crippen LogP contribution in [0.5, 0.6) is 0 Å². The first kappa shape index (κ1) is 24.0. The molecule has 0 fully saturated rings. The van der Waals surface area contributed by atoms with Crippen LogP contribution in [0.4, 0.5) is 0 Å². The fourth-order valence-corrected chi connectivity index (χ4v) is 5.59. The van der Waals surface area contributed by atoms with Gasteiger partial charge in [-0.2, -0.15) is 0 Å². The molecule has 7 rings (SSSR count). The molecule has 190 valence electrons. The van der Waals surface area contributed by atoms with Crippen molar-refractivity contribution in [2.24, 2.45) is 0 Å². The summed E-state index contributed by atoms with van der Waals surface area (Å²) in [5, 5.41) is 2.20. The fraction of sp³-hybridized carbons (Fsp3) is 0.0526. The van der Waals surface area contributed by atoms with Crippen molar-refractivity contribution in [3.05, 3.63) is 145 Å². The molecule has 0 aliphatic rings. The SMILES string of the molecule is Cc1cccc(-c2cc(-c3ccccc3)nc3c2ccc2c(-c4cccc(C)c4)cc(-c4ccccc4)nc23)c1.